The largest absolute Gasteiger partial charge is 0.481 e. The molecule has 0 radical (unpaired) electrons. The maximum atomic E-state index is 12.0. The van der Waals surface area contributed by atoms with Crippen LogP contribution in [0, 0.1) is 11.8 Å². The summed E-state index contributed by atoms with van der Waals surface area (Å²) in [5.41, 5.74) is 4.55. The molecule has 0 heterocycles. The molecule has 2 amide bonds. The summed E-state index contributed by atoms with van der Waals surface area (Å²) in [6, 6.07) is 15.7. The number of fused-ring (bicyclic) bond motifs is 3. The summed E-state index contributed by atoms with van der Waals surface area (Å²) < 4.78 is 5.39. The summed E-state index contributed by atoms with van der Waals surface area (Å²) in [7, 11) is 0. The third kappa shape index (κ3) is 5.64. The van der Waals surface area contributed by atoms with Crippen LogP contribution in [0.5, 0.6) is 0 Å². The van der Waals surface area contributed by atoms with Crippen molar-refractivity contribution in [1.82, 2.24) is 10.6 Å². The van der Waals surface area contributed by atoms with E-state index in [0.29, 0.717) is 6.42 Å². The molecule has 1 atom stereocenters. The zero-order valence-corrected chi connectivity index (χ0v) is 17.2. The summed E-state index contributed by atoms with van der Waals surface area (Å²) in [5, 5.41) is 13.8. The predicted octanol–water partition coefficient (Wildman–Crippen LogP) is 2.90. The maximum absolute atomic E-state index is 12.0. The second kappa shape index (κ2) is 10.3. The van der Waals surface area contributed by atoms with Crippen LogP contribution >= 0.6 is 0 Å². The number of hydrogen-bond donors (Lipinski definition) is 3. The molecule has 0 aromatic heterocycles. The molecule has 160 valence electrons. The highest BCUT2D eigenvalue weighted by Gasteiger charge is 2.28. The minimum Gasteiger partial charge on any atom is -0.481 e. The fraction of sp³-hybridized carbons (Fsp3) is 0.292. The molecule has 7 nitrogen and oxygen atoms in total. The summed E-state index contributed by atoms with van der Waals surface area (Å²) in [5.74, 6) is 3.27. The number of benzene rings is 2. The Morgan fingerprint density at radius 1 is 1.06 bits per heavy atom. The number of carboxylic acid groups (broad SMARTS) is 1. The van der Waals surface area contributed by atoms with Gasteiger partial charge >= 0.3 is 12.1 Å². The van der Waals surface area contributed by atoms with Crippen molar-refractivity contribution in [3.05, 3.63) is 59.7 Å². The molecule has 1 unspecified atom stereocenters. The van der Waals surface area contributed by atoms with Crippen LogP contribution in [-0.2, 0) is 14.3 Å². The lowest BCUT2D eigenvalue weighted by Gasteiger charge is -2.14. The van der Waals surface area contributed by atoms with Crippen LogP contribution in [0.2, 0.25) is 0 Å². The van der Waals surface area contributed by atoms with Crippen LogP contribution in [0.1, 0.15) is 36.8 Å². The van der Waals surface area contributed by atoms with Crippen LogP contribution in [0.3, 0.4) is 0 Å². The van der Waals surface area contributed by atoms with Gasteiger partial charge in [0.1, 0.15) is 6.61 Å². The third-order valence-corrected chi connectivity index (χ3v) is 5.12. The number of amides is 2. The first kappa shape index (κ1) is 21.9. The normalized spacial score (nSPS) is 12.5. The van der Waals surface area contributed by atoms with E-state index < -0.39 is 24.0 Å². The first-order valence-electron chi connectivity index (χ1n) is 10.1. The molecule has 31 heavy (non-hydrogen) atoms. The van der Waals surface area contributed by atoms with Crippen LogP contribution in [-0.4, -0.2) is 42.3 Å². The zero-order chi connectivity index (χ0) is 22.2. The van der Waals surface area contributed by atoms with Gasteiger partial charge in [0.2, 0.25) is 0 Å². The Morgan fingerprint density at radius 3 is 2.26 bits per heavy atom. The van der Waals surface area contributed by atoms with Crippen LogP contribution < -0.4 is 10.6 Å². The molecule has 0 saturated carbocycles. The Kier molecular flexibility index (Phi) is 7.28. The van der Waals surface area contributed by atoms with Crippen molar-refractivity contribution in [2.45, 2.75) is 31.7 Å². The minimum absolute atomic E-state index is 0.0322. The highest BCUT2D eigenvalue weighted by atomic mass is 16.5. The number of alkyl carbamates (subject to hydrolysis) is 1. The Hall–Kier alpha value is -3.79. The molecule has 2 aromatic carbocycles. The maximum Gasteiger partial charge on any atom is 0.407 e. The van der Waals surface area contributed by atoms with E-state index in [1.807, 2.05) is 36.4 Å². The van der Waals surface area contributed by atoms with Crippen molar-refractivity contribution in [3.63, 3.8) is 0 Å². The highest BCUT2D eigenvalue weighted by Crippen LogP contribution is 2.44. The minimum atomic E-state index is -0.989. The topological polar surface area (TPSA) is 105 Å². The quantitative estimate of drug-likeness (QED) is 0.598. The van der Waals surface area contributed by atoms with E-state index in [0.717, 1.165) is 22.3 Å². The molecule has 2 aromatic rings. The van der Waals surface area contributed by atoms with Crippen molar-refractivity contribution >= 4 is 18.0 Å². The average molecular weight is 420 g/mol. The Bertz CT molecular complexity index is 992. The third-order valence-electron chi connectivity index (χ3n) is 5.12. The fourth-order valence-electron chi connectivity index (χ4n) is 3.62. The number of carbonyl (C=O) groups is 3. The second-order valence-corrected chi connectivity index (χ2v) is 7.16. The van der Waals surface area contributed by atoms with E-state index in [9.17, 15) is 14.4 Å². The van der Waals surface area contributed by atoms with Crippen molar-refractivity contribution in [2.75, 3.05) is 13.2 Å². The van der Waals surface area contributed by atoms with Crippen LogP contribution in [0.25, 0.3) is 11.1 Å². The summed E-state index contributed by atoms with van der Waals surface area (Å²) in [6.07, 6.45) is -0.298. The van der Waals surface area contributed by atoms with Crippen molar-refractivity contribution < 1.29 is 24.2 Å². The molecule has 0 aliphatic heterocycles. The SMILES string of the molecule is CCC(CC(=O)O)NC(=O)C#CCNC(=O)OCC1c2ccccc2-c2ccccc21. The molecule has 7 heteroatoms. The summed E-state index contributed by atoms with van der Waals surface area (Å²) in [6.45, 7) is 1.92. The van der Waals surface area contributed by atoms with Crippen LogP contribution in [0.15, 0.2) is 48.5 Å². The standard InChI is InChI=1S/C24H24N2O5/c1-2-16(14-23(28)29)26-22(27)12-7-13-25-24(30)31-15-21-19-10-5-3-8-17(19)18-9-4-6-11-20(18)21/h3-6,8-11,16,21H,2,13-15H2,1H3,(H,25,30)(H,26,27)(H,28,29). The van der Waals surface area contributed by atoms with Gasteiger partial charge in [0.15, 0.2) is 0 Å². The Labute approximate surface area is 180 Å². The first-order chi connectivity index (χ1) is 15.0. The van der Waals surface area contributed by atoms with Crippen LogP contribution in [0.4, 0.5) is 4.79 Å². The lowest BCUT2D eigenvalue weighted by Crippen LogP contribution is -2.35. The zero-order valence-electron chi connectivity index (χ0n) is 17.2. The number of rotatable bonds is 7. The Morgan fingerprint density at radius 2 is 1.68 bits per heavy atom. The number of aliphatic carboxylic acids is 1. The van der Waals surface area contributed by atoms with E-state index in [1.165, 1.54) is 0 Å². The first-order valence-corrected chi connectivity index (χ1v) is 10.1. The van der Waals surface area contributed by atoms with Gasteiger partial charge in [0.25, 0.3) is 5.91 Å². The Balaban J connectivity index is 1.48. The molecular weight excluding hydrogens is 396 g/mol. The van der Waals surface area contributed by atoms with E-state index in [4.69, 9.17) is 9.84 Å². The molecule has 3 N–H and O–H groups in total. The number of ether oxygens (including phenoxy) is 1. The number of nitrogens with one attached hydrogen (secondary N) is 2. The average Bonchev–Trinajstić information content (AvgIpc) is 3.08. The molecule has 0 bridgehead atoms. The molecule has 0 spiro atoms. The highest BCUT2D eigenvalue weighted by molar-refractivity contribution is 5.94. The number of carboxylic acids is 1. The molecule has 0 saturated heterocycles. The number of carbonyl (C=O) groups excluding carboxylic acids is 2. The van der Waals surface area contributed by atoms with Gasteiger partial charge in [0.05, 0.1) is 13.0 Å². The lowest BCUT2D eigenvalue weighted by molar-refractivity contribution is -0.137. The van der Waals surface area contributed by atoms with Gasteiger partial charge in [-0.1, -0.05) is 61.4 Å². The van der Waals surface area contributed by atoms with Gasteiger partial charge in [-0.15, -0.1) is 0 Å². The monoisotopic (exact) mass is 420 g/mol. The molecule has 0 fully saturated rings. The van der Waals surface area contributed by atoms with Crippen molar-refractivity contribution in [2.24, 2.45) is 0 Å². The van der Waals surface area contributed by atoms with Gasteiger partial charge < -0.3 is 20.5 Å². The van der Waals surface area contributed by atoms with Gasteiger partial charge in [0, 0.05) is 12.0 Å². The summed E-state index contributed by atoms with van der Waals surface area (Å²) in [4.78, 5) is 34.5. The second-order valence-electron chi connectivity index (χ2n) is 7.16. The smallest absolute Gasteiger partial charge is 0.407 e. The van der Waals surface area contributed by atoms with Gasteiger partial charge in [-0.25, -0.2) is 4.79 Å². The molecule has 3 rings (SSSR count). The van der Waals surface area contributed by atoms with E-state index in [1.54, 1.807) is 6.92 Å². The number of hydrogen-bond acceptors (Lipinski definition) is 4. The van der Waals surface area contributed by atoms with Gasteiger partial charge in [-0.3, -0.25) is 9.59 Å². The van der Waals surface area contributed by atoms with E-state index in [2.05, 4.69) is 34.6 Å². The molecular formula is C24H24N2O5. The van der Waals surface area contributed by atoms with Crippen molar-refractivity contribution in [1.29, 1.82) is 0 Å². The lowest BCUT2D eigenvalue weighted by atomic mass is 9.98. The molecule has 1 aliphatic rings. The fourth-order valence-corrected chi connectivity index (χ4v) is 3.62. The van der Waals surface area contributed by atoms with E-state index in [-0.39, 0.29) is 25.5 Å². The molecule has 1 aliphatic carbocycles. The predicted molar refractivity (Wildman–Crippen MR) is 115 cm³/mol. The van der Waals surface area contributed by atoms with E-state index >= 15 is 0 Å². The van der Waals surface area contributed by atoms with Crippen molar-refractivity contribution in [3.8, 4) is 23.0 Å². The summed E-state index contributed by atoms with van der Waals surface area (Å²) >= 11 is 0. The van der Waals surface area contributed by atoms with Gasteiger partial charge in [-0.2, -0.15) is 0 Å². The van der Waals surface area contributed by atoms with Gasteiger partial charge in [-0.05, 0) is 34.6 Å².